The molecule has 150 valence electrons. The largest absolute Gasteiger partial charge is 0.507 e. The van der Waals surface area contributed by atoms with Crippen molar-refractivity contribution in [3.05, 3.63) is 29.3 Å². The predicted molar refractivity (Wildman–Crippen MR) is 107 cm³/mol. The number of likely N-dealkylation sites (tertiary alicyclic amines) is 2. The van der Waals surface area contributed by atoms with E-state index >= 15 is 0 Å². The molecule has 2 heterocycles. The van der Waals surface area contributed by atoms with Crippen LogP contribution in [0.5, 0.6) is 5.75 Å². The van der Waals surface area contributed by atoms with Crippen LogP contribution in [0.15, 0.2) is 18.2 Å². The standard InChI is InChI=1S/C23H31N3O2/c1-23(2)9-19(10-23)22(28)26-7-3-4-17(15-26)20-13-25(14-20)12-16-5-6-21(27)18(8-16)11-24/h5-6,8,17,19-20,27H,3-4,7,9-10,12-15H2,1-2H3. The van der Waals surface area contributed by atoms with Gasteiger partial charge in [-0.3, -0.25) is 9.69 Å². The van der Waals surface area contributed by atoms with Crippen molar-refractivity contribution >= 4 is 5.91 Å². The maximum absolute atomic E-state index is 12.8. The molecule has 28 heavy (non-hydrogen) atoms. The van der Waals surface area contributed by atoms with Gasteiger partial charge in [0.2, 0.25) is 5.91 Å². The molecule has 0 spiro atoms. The average Bonchev–Trinajstić information content (AvgIpc) is 2.63. The fourth-order valence-corrected chi connectivity index (χ4v) is 5.37. The Morgan fingerprint density at radius 2 is 2.00 bits per heavy atom. The van der Waals surface area contributed by atoms with Crippen LogP contribution >= 0.6 is 0 Å². The number of hydrogen-bond acceptors (Lipinski definition) is 4. The molecular weight excluding hydrogens is 350 g/mol. The van der Waals surface area contributed by atoms with Crippen molar-refractivity contribution in [2.24, 2.45) is 23.2 Å². The summed E-state index contributed by atoms with van der Waals surface area (Å²) in [7, 11) is 0. The minimum absolute atomic E-state index is 0.0505. The first-order valence-electron chi connectivity index (χ1n) is 10.6. The van der Waals surface area contributed by atoms with Gasteiger partial charge in [0, 0.05) is 38.6 Å². The van der Waals surface area contributed by atoms with E-state index in [9.17, 15) is 9.90 Å². The molecule has 0 bridgehead atoms. The highest BCUT2D eigenvalue weighted by Gasteiger charge is 2.43. The first-order chi connectivity index (χ1) is 13.3. The molecule has 1 aromatic carbocycles. The van der Waals surface area contributed by atoms with Crippen LogP contribution in [-0.2, 0) is 11.3 Å². The zero-order valence-corrected chi connectivity index (χ0v) is 17.0. The Morgan fingerprint density at radius 3 is 2.68 bits per heavy atom. The molecule has 0 radical (unpaired) electrons. The van der Waals surface area contributed by atoms with E-state index in [2.05, 4.69) is 23.6 Å². The minimum Gasteiger partial charge on any atom is -0.507 e. The Morgan fingerprint density at radius 1 is 1.25 bits per heavy atom. The van der Waals surface area contributed by atoms with Gasteiger partial charge in [-0.05, 0) is 60.6 Å². The van der Waals surface area contributed by atoms with Gasteiger partial charge in [-0.1, -0.05) is 19.9 Å². The Balaban J connectivity index is 1.26. The molecule has 1 N–H and O–H groups in total. The zero-order chi connectivity index (χ0) is 19.9. The van der Waals surface area contributed by atoms with E-state index in [0.29, 0.717) is 28.7 Å². The van der Waals surface area contributed by atoms with Crippen molar-refractivity contribution in [1.82, 2.24) is 9.80 Å². The summed E-state index contributed by atoms with van der Waals surface area (Å²) in [6.45, 7) is 9.33. The third kappa shape index (κ3) is 3.89. The minimum atomic E-state index is 0.0505. The number of carbonyl (C=O) groups is 1. The quantitative estimate of drug-likeness (QED) is 0.868. The molecule has 0 aromatic heterocycles. The Hall–Kier alpha value is -2.06. The fourth-order valence-electron chi connectivity index (χ4n) is 5.37. The Kier molecular flexibility index (Phi) is 5.09. The summed E-state index contributed by atoms with van der Waals surface area (Å²) < 4.78 is 0. The van der Waals surface area contributed by atoms with Gasteiger partial charge in [-0.25, -0.2) is 0 Å². The van der Waals surface area contributed by atoms with Gasteiger partial charge in [0.25, 0.3) is 0 Å². The third-order valence-corrected chi connectivity index (χ3v) is 6.96. The van der Waals surface area contributed by atoms with Crippen LogP contribution in [0, 0.1) is 34.5 Å². The molecule has 1 aliphatic carbocycles. The van der Waals surface area contributed by atoms with Crippen LogP contribution in [0.4, 0.5) is 0 Å². The van der Waals surface area contributed by atoms with Crippen molar-refractivity contribution in [3.8, 4) is 11.8 Å². The van der Waals surface area contributed by atoms with E-state index in [1.54, 1.807) is 12.1 Å². The molecule has 3 aliphatic rings. The topological polar surface area (TPSA) is 67.6 Å². The van der Waals surface area contributed by atoms with Crippen LogP contribution in [-0.4, -0.2) is 47.0 Å². The predicted octanol–water partition coefficient (Wildman–Crippen LogP) is 3.37. The van der Waals surface area contributed by atoms with Crippen molar-refractivity contribution in [3.63, 3.8) is 0 Å². The normalized spacial score (nSPS) is 25.6. The van der Waals surface area contributed by atoms with Crippen LogP contribution in [0.25, 0.3) is 0 Å². The summed E-state index contributed by atoms with van der Waals surface area (Å²) in [5.41, 5.74) is 1.76. The lowest BCUT2D eigenvalue weighted by molar-refractivity contribution is -0.145. The van der Waals surface area contributed by atoms with E-state index in [4.69, 9.17) is 5.26 Å². The van der Waals surface area contributed by atoms with Gasteiger partial charge < -0.3 is 10.0 Å². The average molecular weight is 382 g/mol. The van der Waals surface area contributed by atoms with E-state index in [1.807, 2.05) is 12.1 Å². The molecule has 5 heteroatoms. The smallest absolute Gasteiger partial charge is 0.225 e. The van der Waals surface area contributed by atoms with E-state index in [1.165, 1.54) is 6.42 Å². The highest BCUT2D eigenvalue weighted by atomic mass is 16.3. The fraction of sp³-hybridized carbons (Fsp3) is 0.652. The molecule has 1 saturated carbocycles. The number of nitrogens with zero attached hydrogens (tertiary/aromatic N) is 3. The number of phenolic OH excluding ortho intramolecular Hbond substituents is 1. The Labute approximate surface area is 167 Å². The highest BCUT2D eigenvalue weighted by Crippen LogP contribution is 2.46. The molecule has 2 aliphatic heterocycles. The summed E-state index contributed by atoms with van der Waals surface area (Å²) in [4.78, 5) is 17.3. The number of phenols is 1. The van der Waals surface area contributed by atoms with Gasteiger partial charge in [0.05, 0.1) is 5.56 Å². The molecule has 4 rings (SSSR count). The molecule has 1 aromatic rings. The van der Waals surface area contributed by atoms with E-state index in [0.717, 1.165) is 57.5 Å². The summed E-state index contributed by atoms with van der Waals surface area (Å²) in [6, 6.07) is 7.32. The second-order valence-corrected chi connectivity index (χ2v) is 9.87. The second-order valence-electron chi connectivity index (χ2n) is 9.87. The van der Waals surface area contributed by atoms with Crippen molar-refractivity contribution in [1.29, 1.82) is 5.26 Å². The lowest BCUT2D eigenvalue weighted by atomic mass is 9.64. The third-order valence-electron chi connectivity index (χ3n) is 6.96. The zero-order valence-electron chi connectivity index (χ0n) is 17.0. The number of carbonyl (C=O) groups excluding carboxylic acids is 1. The highest BCUT2D eigenvalue weighted by molar-refractivity contribution is 5.80. The lowest BCUT2D eigenvalue weighted by Gasteiger charge is -2.48. The molecule has 2 saturated heterocycles. The number of aromatic hydroxyl groups is 1. The summed E-state index contributed by atoms with van der Waals surface area (Å²) in [5, 5.41) is 18.7. The Bertz CT molecular complexity index is 784. The monoisotopic (exact) mass is 381 g/mol. The summed E-state index contributed by atoms with van der Waals surface area (Å²) >= 11 is 0. The lowest BCUT2D eigenvalue weighted by Crippen LogP contribution is -2.55. The van der Waals surface area contributed by atoms with Crippen LogP contribution in [0.1, 0.15) is 50.7 Å². The molecule has 5 nitrogen and oxygen atoms in total. The summed E-state index contributed by atoms with van der Waals surface area (Å²) in [6.07, 6.45) is 4.45. The van der Waals surface area contributed by atoms with E-state index in [-0.39, 0.29) is 11.7 Å². The van der Waals surface area contributed by atoms with Crippen LogP contribution < -0.4 is 0 Å². The van der Waals surface area contributed by atoms with Gasteiger partial charge in [0.15, 0.2) is 0 Å². The van der Waals surface area contributed by atoms with Gasteiger partial charge in [-0.2, -0.15) is 5.26 Å². The number of nitriles is 1. The first kappa shape index (κ1) is 19.3. The maximum atomic E-state index is 12.8. The van der Waals surface area contributed by atoms with E-state index < -0.39 is 0 Å². The number of amides is 1. The maximum Gasteiger partial charge on any atom is 0.225 e. The van der Waals surface area contributed by atoms with Gasteiger partial charge in [-0.15, -0.1) is 0 Å². The van der Waals surface area contributed by atoms with Crippen LogP contribution in [0.3, 0.4) is 0 Å². The second kappa shape index (κ2) is 7.40. The molecule has 1 unspecified atom stereocenters. The first-order valence-corrected chi connectivity index (χ1v) is 10.6. The SMILES string of the molecule is CC1(C)CC(C(=O)N2CCCC(C3CN(Cc4ccc(O)c(C#N)c4)C3)C2)C1. The summed E-state index contributed by atoms with van der Waals surface area (Å²) in [5.74, 6) is 2.00. The molecule has 1 atom stereocenters. The number of benzene rings is 1. The van der Waals surface area contributed by atoms with Gasteiger partial charge >= 0.3 is 0 Å². The van der Waals surface area contributed by atoms with Crippen molar-refractivity contribution in [2.75, 3.05) is 26.2 Å². The van der Waals surface area contributed by atoms with Crippen molar-refractivity contribution in [2.45, 2.75) is 46.1 Å². The number of piperidine rings is 1. The van der Waals surface area contributed by atoms with Gasteiger partial charge in [0.1, 0.15) is 11.8 Å². The van der Waals surface area contributed by atoms with Crippen LogP contribution in [0.2, 0.25) is 0 Å². The molecule has 1 amide bonds. The number of hydrogen-bond donors (Lipinski definition) is 1. The molecule has 3 fully saturated rings. The molecular formula is C23H31N3O2. The number of rotatable bonds is 4. The van der Waals surface area contributed by atoms with Crippen molar-refractivity contribution < 1.29 is 9.90 Å².